The number of rotatable bonds is 6. The molecule has 0 saturated carbocycles. The molecule has 25 heavy (non-hydrogen) atoms. The van der Waals surface area contributed by atoms with Crippen LogP contribution in [0.15, 0.2) is 47.8 Å². The fourth-order valence-corrected chi connectivity index (χ4v) is 2.92. The SMILES string of the molecule is Cc1ccc(N(CC(=O)N/N=C\c2ccncc2)S(C)(=O)=O)cc1C. The lowest BCUT2D eigenvalue weighted by molar-refractivity contribution is -0.119. The number of amides is 1. The van der Waals surface area contributed by atoms with Crippen molar-refractivity contribution in [3.05, 3.63) is 59.4 Å². The number of aromatic nitrogens is 1. The van der Waals surface area contributed by atoms with Crippen LogP contribution in [-0.4, -0.2) is 38.3 Å². The molecule has 0 aliphatic rings. The summed E-state index contributed by atoms with van der Waals surface area (Å²) in [5.74, 6) is -0.533. The number of carbonyl (C=O) groups is 1. The molecule has 2 rings (SSSR count). The molecule has 0 aliphatic carbocycles. The van der Waals surface area contributed by atoms with Crippen molar-refractivity contribution in [1.29, 1.82) is 0 Å². The van der Waals surface area contributed by atoms with Gasteiger partial charge in [-0.15, -0.1) is 0 Å². The Bertz CT molecular complexity index is 880. The number of nitrogens with zero attached hydrogens (tertiary/aromatic N) is 3. The van der Waals surface area contributed by atoms with Gasteiger partial charge in [-0.1, -0.05) is 6.07 Å². The molecule has 0 saturated heterocycles. The van der Waals surface area contributed by atoms with Crippen molar-refractivity contribution in [1.82, 2.24) is 10.4 Å². The van der Waals surface area contributed by atoms with Gasteiger partial charge < -0.3 is 0 Å². The molecule has 0 fully saturated rings. The van der Waals surface area contributed by atoms with E-state index in [2.05, 4.69) is 15.5 Å². The van der Waals surface area contributed by atoms with E-state index in [9.17, 15) is 13.2 Å². The van der Waals surface area contributed by atoms with Crippen LogP contribution in [0.4, 0.5) is 5.69 Å². The van der Waals surface area contributed by atoms with Crippen LogP contribution in [0.2, 0.25) is 0 Å². The first-order valence-electron chi connectivity index (χ1n) is 7.54. The van der Waals surface area contributed by atoms with Gasteiger partial charge in [0.15, 0.2) is 0 Å². The number of hydrogen-bond acceptors (Lipinski definition) is 5. The summed E-state index contributed by atoms with van der Waals surface area (Å²) in [6, 6.07) is 8.70. The van der Waals surface area contributed by atoms with Gasteiger partial charge in [0.2, 0.25) is 10.0 Å². The van der Waals surface area contributed by atoms with Crippen molar-refractivity contribution < 1.29 is 13.2 Å². The second-order valence-corrected chi connectivity index (χ2v) is 7.52. The van der Waals surface area contributed by atoms with E-state index in [-0.39, 0.29) is 6.54 Å². The van der Waals surface area contributed by atoms with E-state index in [0.29, 0.717) is 5.69 Å². The van der Waals surface area contributed by atoms with Crippen LogP contribution in [0.5, 0.6) is 0 Å². The highest BCUT2D eigenvalue weighted by molar-refractivity contribution is 7.92. The van der Waals surface area contributed by atoms with E-state index in [1.165, 1.54) is 6.21 Å². The molecule has 1 amide bonds. The first-order chi connectivity index (χ1) is 11.8. The number of benzene rings is 1. The third kappa shape index (κ3) is 5.39. The third-order valence-electron chi connectivity index (χ3n) is 3.57. The molecule has 1 heterocycles. The molecule has 8 heteroatoms. The second kappa shape index (κ2) is 7.89. The highest BCUT2D eigenvalue weighted by Gasteiger charge is 2.21. The topological polar surface area (TPSA) is 91.7 Å². The lowest BCUT2D eigenvalue weighted by atomic mass is 10.1. The Morgan fingerprint density at radius 2 is 1.88 bits per heavy atom. The zero-order valence-corrected chi connectivity index (χ0v) is 15.1. The van der Waals surface area contributed by atoms with Gasteiger partial charge in [0.1, 0.15) is 6.54 Å². The summed E-state index contributed by atoms with van der Waals surface area (Å²) in [7, 11) is -3.61. The number of anilines is 1. The first kappa shape index (κ1) is 18.6. The van der Waals surface area contributed by atoms with Crippen molar-refractivity contribution >= 4 is 27.8 Å². The largest absolute Gasteiger partial charge is 0.271 e. The van der Waals surface area contributed by atoms with Crippen LogP contribution >= 0.6 is 0 Å². The number of pyridine rings is 1. The van der Waals surface area contributed by atoms with E-state index in [4.69, 9.17) is 0 Å². The number of nitrogens with one attached hydrogen (secondary N) is 1. The standard InChI is InChI=1S/C17H20N4O3S/c1-13-4-5-16(10-14(13)2)21(25(3,23)24)12-17(22)20-19-11-15-6-8-18-9-7-15/h4-11H,12H2,1-3H3,(H,20,22)/b19-11-. The van der Waals surface area contributed by atoms with Crippen LogP contribution in [0.1, 0.15) is 16.7 Å². The fraction of sp³-hybridized carbons (Fsp3) is 0.235. The van der Waals surface area contributed by atoms with Crippen molar-refractivity contribution in [2.75, 3.05) is 17.1 Å². The Hall–Kier alpha value is -2.74. The quantitative estimate of drug-likeness (QED) is 0.626. The first-order valence-corrected chi connectivity index (χ1v) is 9.39. The van der Waals surface area contributed by atoms with E-state index in [0.717, 1.165) is 27.3 Å². The molecule has 1 N–H and O–H groups in total. The smallest absolute Gasteiger partial charge is 0.260 e. The summed E-state index contributed by atoms with van der Waals surface area (Å²) in [6.07, 6.45) is 5.73. The predicted octanol–water partition coefficient (Wildman–Crippen LogP) is 1.61. The monoisotopic (exact) mass is 360 g/mol. The molecule has 0 spiro atoms. The summed E-state index contributed by atoms with van der Waals surface area (Å²) in [6.45, 7) is 3.47. The van der Waals surface area contributed by atoms with Crippen LogP contribution in [-0.2, 0) is 14.8 Å². The molecular weight excluding hydrogens is 340 g/mol. The average molecular weight is 360 g/mol. The van der Waals surface area contributed by atoms with Gasteiger partial charge in [0.25, 0.3) is 5.91 Å². The second-order valence-electron chi connectivity index (χ2n) is 5.61. The summed E-state index contributed by atoms with van der Waals surface area (Å²) >= 11 is 0. The summed E-state index contributed by atoms with van der Waals surface area (Å²) in [5.41, 5.74) is 5.54. The molecule has 132 valence electrons. The van der Waals surface area contributed by atoms with Crippen molar-refractivity contribution in [2.45, 2.75) is 13.8 Å². The lowest BCUT2D eigenvalue weighted by Crippen LogP contribution is -2.39. The molecule has 1 aromatic heterocycles. The summed E-state index contributed by atoms with van der Waals surface area (Å²) < 4.78 is 25.2. The third-order valence-corrected chi connectivity index (χ3v) is 4.72. The lowest BCUT2D eigenvalue weighted by Gasteiger charge is -2.22. The molecule has 7 nitrogen and oxygen atoms in total. The van der Waals surface area contributed by atoms with E-state index in [1.54, 1.807) is 36.7 Å². The minimum Gasteiger partial charge on any atom is -0.271 e. The highest BCUT2D eigenvalue weighted by Crippen LogP contribution is 2.20. The maximum absolute atomic E-state index is 12.1. The van der Waals surface area contributed by atoms with Gasteiger partial charge in [-0.05, 0) is 54.8 Å². The Morgan fingerprint density at radius 3 is 2.48 bits per heavy atom. The van der Waals surface area contributed by atoms with E-state index >= 15 is 0 Å². The average Bonchev–Trinajstić information content (AvgIpc) is 2.55. The summed E-state index contributed by atoms with van der Waals surface area (Å²) in [5, 5.41) is 3.83. The molecular formula is C17H20N4O3S. The Kier molecular flexibility index (Phi) is 5.87. The Labute approximate surface area is 147 Å². The van der Waals surface area contributed by atoms with Gasteiger partial charge in [-0.25, -0.2) is 13.8 Å². The van der Waals surface area contributed by atoms with Crippen LogP contribution in [0.25, 0.3) is 0 Å². The normalized spacial score (nSPS) is 11.5. The Morgan fingerprint density at radius 1 is 1.20 bits per heavy atom. The van der Waals surface area contributed by atoms with E-state index in [1.807, 2.05) is 19.9 Å². The number of carbonyl (C=O) groups excluding carboxylic acids is 1. The van der Waals surface area contributed by atoms with Gasteiger partial charge in [0.05, 0.1) is 18.2 Å². The predicted molar refractivity (Wildman–Crippen MR) is 98.1 cm³/mol. The van der Waals surface area contributed by atoms with E-state index < -0.39 is 15.9 Å². The number of aryl methyl sites for hydroxylation is 2. The zero-order chi connectivity index (χ0) is 18.4. The van der Waals surface area contributed by atoms with Gasteiger partial charge in [-0.3, -0.25) is 14.1 Å². The Balaban J connectivity index is 2.10. The molecule has 0 unspecified atom stereocenters. The highest BCUT2D eigenvalue weighted by atomic mass is 32.2. The molecule has 0 atom stereocenters. The fourth-order valence-electron chi connectivity index (χ4n) is 2.07. The number of hydrazone groups is 1. The molecule has 0 bridgehead atoms. The van der Waals surface area contributed by atoms with Gasteiger partial charge >= 0.3 is 0 Å². The molecule has 2 aromatic rings. The van der Waals surface area contributed by atoms with Gasteiger partial charge in [0, 0.05) is 12.4 Å². The van der Waals surface area contributed by atoms with Crippen LogP contribution in [0, 0.1) is 13.8 Å². The van der Waals surface area contributed by atoms with Crippen molar-refractivity contribution in [3.63, 3.8) is 0 Å². The van der Waals surface area contributed by atoms with Crippen LogP contribution < -0.4 is 9.73 Å². The summed E-state index contributed by atoms with van der Waals surface area (Å²) in [4.78, 5) is 16.0. The molecule has 0 radical (unpaired) electrons. The van der Waals surface area contributed by atoms with Crippen molar-refractivity contribution in [3.8, 4) is 0 Å². The maximum Gasteiger partial charge on any atom is 0.260 e. The molecule has 0 aliphatic heterocycles. The number of sulfonamides is 1. The molecule has 1 aromatic carbocycles. The zero-order valence-electron chi connectivity index (χ0n) is 14.3. The maximum atomic E-state index is 12.1. The van der Waals surface area contributed by atoms with Crippen LogP contribution in [0.3, 0.4) is 0 Å². The minimum absolute atomic E-state index is 0.352. The van der Waals surface area contributed by atoms with Crippen molar-refractivity contribution in [2.24, 2.45) is 5.10 Å². The minimum atomic E-state index is -3.61. The van der Waals surface area contributed by atoms with Gasteiger partial charge in [-0.2, -0.15) is 5.10 Å². The number of hydrogen-bond donors (Lipinski definition) is 1.